The van der Waals surface area contributed by atoms with Gasteiger partial charge in [-0.15, -0.1) is 4.91 Å². The Kier molecular flexibility index (Phi) is 11.1. The lowest BCUT2D eigenvalue weighted by Gasteiger charge is -2.55. The first-order valence-corrected chi connectivity index (χ1v) is 11.5. The van der Waals surface area contributed by atoms with Crippen molar-refractivity contribution >= 4 is 11.8 Å². The van der Waals surface area contributed by atoms with Gasteiger partial charge in [-0.1, -0.05) is 52.2 Å². The summed E-state index contributed by atoms with van der Waals surface area (Å²) in [5, 5.41) is 18.7. The molecule has 0 aromatic rings. The van der Waals surface area contributed by atoms with Gasteiger partial charge in [0.25, 0.3) is 0 Å². The Morgan fingerprint density at radius 3 is 2.45 bits per heavy atom. The molecule has 2 N–H and O–H groups in total. The van der Waals surface area contributed by atoms with Crippen LogP contribution in [0.3, 0.4) is 0 Å². The molecule has 3 saturated carbocycles. The predicted molar refractivity (Wildman–Crippen MR) is 119 cm³/mol. The average molecular weight is 438 g/mol. The number of rotatable bonds is 1. The highest BCUT2D eigenvalue weighted by molar-refractivity contribution is 6.01. The van der Waals surface area contributed by atoms with Crippen LogP contribution in [-0.4, -0.2) is 35.3 Å². The van der Waals surface area contributed by atoms with E-state index < -0.39 is 0 Å². The molecule has 6 atom stereocenters. The maximum absolute atomic E-state index is 11.7. The zero-order valence-corrected chi connectivity index (χ0v) is 19.5. The number of nitrogens with zero attached hydrogens (tertiary/aromatic N) is 1. The Balaban J connectivity index is 0.000000372. The predicted octanol–water partition coefficient (Wildman–Crippen LogP) is 5.00. The highest BCUT2D eigenvalue weighted by atomic mass is 16.6. The fourth-order valence-corrected chi connectivity index (χ4v) is 6.04. The molecule has 0 heterocycles. The monoisotopic (exact) mass is 437 g/mol. The number of esters is 1. The molecule has 6 unspecified atom stereocenters. The smallest absolute Gasteiger partial charge is 0.305 e. The highest BCUT2D eigenvalue weighted by Gasteiger charge is 2.55. The van der Waals surface area contributed by atoms with Crippen LogP contribution in [0.1, 0.15) is 72.6 Å². The number of hydrogen-bond donors (Lipinski definition) is 2. The summed E-state index contributed by atoms with van der Waals surface area (Å²) in [6, 6.07) is 0. The van der Waals surface area contributed by atoms with Crippen molar-refractivity contribution < 1.29 is 24.6 Å². The van der Waals surface area contributed by atoms with Crippen LogP contribution in [0.15, 0.2) is 29.1 Å². The fraction of sp³-hybridized carbons (Fsp3) is 0.750. The first-order chi connectivity index (χ1) is 14.8. The lowest BCUT2D eigenvalue weighted by Crippen LogP contribution is -2.52. The van der Waals surface area contributed by atoms with Crippen molar-refractivity contribution in [3.63, 3.8) is 0 Å². The quantitative estimate of drug-likeness (QED) is 0.339. The summed E-state index contributed by atoms with van der Waals surface area (Å²) < 4.78 is 4.26. The van der Waals surface area contributed by atoms with Crippen molar-refractivity contribution in [2.45, 2.75) is 78.7 Å². The molecule has 4 rings (SSSR count). The van der Waals surface area contributed by atoms with Gasteiger partial charge in [0.2, 0.25) is 0 Å². The molecule has 0 spiro atoms. The number of aliphatic hydroxyl groups excluding tert-OH is 1. The minimum Gasteiger partial charge on any atom is -0.469 e. The van der Waals surface area contributed by atoms with Crippen molar-refractivity contribution in [1.82, 2.24) is 0 Å². The Hall–Kier alpha value is -2.02. The molecule has 0 aliphatic heterocycles. The van der Waals surface area contributed by atoms with Gasteiger partial charge in [-0.3, -0.25) is 9.59 Å². The summed E-state index contributed by atoms with van der Waals surface area (Å²) in [5.41, 5.74) is 1.19. The van der Waals surface area contributed by atoms with Crippen molar-refractivity contribution in [2.24, 2.45) is 34.4 Å². The number of hydrogen-bond acceptors (Lipinski definition) is 6. The van der Waals surface area contributed by atoms with E-state index in [1.807, 2.05) is 19.9 Å². The van der Waals surface area contributed by atoms with Gasteiger partial charge in [-0.05, 0) is 55.6 Å². The van der Waals surface area contributed by atoms with Crippen LogP contribution in [0.2, 0.25) is 0 Å². The summed E-state index contributed by atoms with van der Waals surface area (Å²) in [5.74, 6) is 2.54. The van der Waals surface area contributed by atoms with E-state index >= 15 is 0 Å². The van der Waals surface area contributed by atoms with Gasteiger partial charge in [0, 0.05) is 17.8 Å². The van der Waals surface area contributed by atoms with Gasteiger partial charge in [-0.2, -0.15) is 0 Å². The van der Waals surface area contributed by atoms with Crippen LogP contribution >= 0.6 is 0 Å². The number of carbonyl (C=O) groups excluding carboxylic acids is 2. The Labute approximate surface area is 185 Å². The Bertz CT molecular complexity index is 667. The van der Waals surface area contributed by atoms with Crippen LogP contribution in [0.4, 0.5) is 0 Å². The van der Waals surface area contributed by atoms with Crippen molar-refractivity contribution in [3.05, 3.63) is 28.7 Å². The zero-order chi connectivity index (χ0) is 23.6. The number of ketones is 1. The maximum Gasteiger partial charge on any atom is 0.305 e. The minimum absolute atomic E-state index is 0.0796. The van der Waals surface area contributed by atoms with Crippen LogP contribution in [0.25, 0.3) is 0 Å². The van der Waals surface area contributed by atoms with Crippen LogP contribution in [-0.2, 0) is 14.3 Å². The molecule has 0 amide bonds. The van der Waals surface area contributed by atoms with Gasteiger partial charge in [-0.25, -0.2) is 0 Å². The number of aliphatic hydroxyl groups is 1. The number of fused-ring (bicyclic) bond motifs is 5. The largest absolute Gasteiger partial charge is 0.469 e. The average Bonchev–Trinajstić information content (AvgIpc) is 3.24. The number of ether oxygens (including phenoxy) is 1. The normalized spacial score (nSPS) is 34.5. The zero-order valence-electron chi connectivity index (χ0n) is 19.5. The highest BCUT2D eigenvalue weighted by Crippen LogP contribution is 2.60. The van der Waals surface area contributed by atoms with Crippen LogP contribution in [0, 0.1) is 34.0 Å². The minimum atomic E-state index is -0.189. The standard InChI is InChI=1S/C18H24O2.C4H8O2.C2H6.HNO2/c1-18-8-7-13(19)10-12(18)5-6-15-14-4-2-3-11(14)9-16(20)17(15)18;1-3-4(5)6-2;1-2;2-1-3/h7-8,10-11,14-17,20H,2-6,9H2,1H3;3H2,1-2H3;1-2H3;(H,2,3). The first-order valence-electron chi connectivity index (χ1n) is 11.5. The summed E-state index contributed by atoms with van der Waals surface area (Å²) >= 11 is 0. The molecule has 176 valence electrons. The van der Waals surface area contributed by atoms with E-state index in [0.717, 1.165) is 24.7 Å². The molecule has 3 fully saturated rings. The van der Waals surface area contributed by atoms with E-state index in [1.54, 1.807) is 13.0 Å². The second-order valence-corrected chi connectivity index (χ2v) is 8.59. The molecule has 4 aliphatic carbocycles. The molecule has 0 aromatic heterocycles. The second kappa shape index (κ2) is 12.7. The van der Waals surface area contributed by atoms with Crippen LogP contribution < -0.4 is 0 Å². The first kappa shape index (κ1) is 27.0. The summed E-state index contributed by atoms with van der Waals surface area (Å²) in [6.45, 7) is 8.00. The van der Waals surface area contributed by atoms with Crippen molar-refractivity contribution in [1.29, 1.82) is 0 Å². The third-order valence-electron chi connectivity index (χ3n) is 7.25. The summed E-state index contributed by atoms with van der Waals surface area (Å²) in [6.07, 6.45) is 13.2. The SMILES string of the molecule is CC.CC12C=CC(=O)C=C1CCC1C3CCCC3CC(O)C12.CCC(=O)OC.O=NO. The number of carbonyl (C=O) groups is 2. The van der Waals surface area contributed by atoms with E-state index in [0.29, 0.717) is 18.3 Å². The van der Waals surface area contributed by atoms with Crippen LogP contribution in [0.5, 0.6) is 0 Å². The van der Waals surface area contributed by atoms with Gasteiger partial charge < -0.3 is 15.1 Å². The lowest BCUT2D eigenvalue weighted by atomic mass is 9.50. The van der Waals surface area contributed by atoms with E-state index in [9.17, 15) is 14.7 Å². The van der Waals surface area contributed by atoms with E-state index in [-0.39, 0.29) is 23.3 Å². The number of methoxy groups -OCH3 is 1. The lowest BCUT2D eigenvalue weighted by molar-refractivity contribution is -0.140. The van der Waals surface area contributed by atoms with Gasteiger partial charge in [0.15, 0.2) is 11.1 Å². The number of allylic oxidation sites excluding steroid dienone is 4. The van der Waals surface area contributed by atoms with Gasteiger partial charge in [0.1, 0.15) is 0 Å². The summed E-state index contributed by atoms with van der Waals surface area (Å²) in [7, 11) is 1.38. The molecule has 31 heavy (non-hydrogen) atoms. The third kappa shape index (κ3) is 6.25. The molecule has 0 aromatic carbocycles. The Morgan fingerprint density at radius 1 is 1.26 bits per heavy atom. The molecule has 0 bridgehead atoms. The maximum atomic E-state index is 11.7. The molecule has 0 saturated heterocycles. The molecular formula is C24H39NO6. The van der Waals surface area contributed by atoms with E-state index in [1.165, 1.54) is 43.7 Å². The molecule has 7 nitrogen and oxygen atoms in total. The van der Waals surface area contributed by atoms with E-state index in [4.69, 9.17) is 10.1 Å². The summed E-state index contributed by atoms with van der Waals surface area (Å²) in [4.78, 5) is 29.7. The fourth-order valence-electron chi connectivity index (χ4n) is 6.04. The molecule has 7 heteroatoms. The van der Waals surface area contributed by atoms with Gasteiger partial charge >= 0.3 is 5.97 Å². The molecule has 4 aliphatic rings. The topological polar surface area (TPSA) is 113 Å². The second-order valence-electron chi connectivity index (χ2n) is 8.59. The molecular weight excluding hydrogens is 398 g/mol. The third-order valence-corrected chi connectivity index (χ3v) is 7.25. The van der Waals surface area contributed by atoms with Crippen molar-refractivity contribution in [3.8, 4) is 0 Å². The van der Waals surface area contributed by atoms with E-state index in [2.05, 4.69) is 17.7 Å². The molecule has 0 radical (unpaired) electrons. The Morgan fingerprint density at radius 2 is 1.90 bits per heavy atom. The van der Waals surface area contributed by atoms with Crippen molar-refractivity contribution in [2.75, 3.05) is 7.11 Å². The van der Waals surface area contributed by atoms with Gasteiger partial charge in [0.05, 0.1) is 13.2 Å².